The number of likely N-dealkylation sites (tertiary alicyclic amines) is 1. The number of aliphatic hydroxyl groups is 2. The van der Waals surface area contributed by atoms with Crippen LogP contribution >= 0.6 is 0 Å². The Kier molecular flexibility index (Phi) is 9.33. The van der Waals surface area contributed by atoms with Gasteiger partial charge in [0.1, 0.15) is 11.5 Å². The van der Waals surface area contributed by atoms with E-state index < -0.39 is 12.2 Å². The standard InChI is InChI=1S/C29H35NO6/c1-33-24-12-8-22(9-13-24)17-35-19-26-28(31)29(32)27(30(26)16-21-6-4-3-5-7-21)20-36-18-23-10-14-25(34-2)15-11-23/h3-15,26-29,31-32H,16-20H2,1-2H3/t26-,27-,28+,29+/m0/s1. The van der Waals surface area contributed by atoms with E-state index in [1.54, 1.807) is 14.2 Å². The van der Waals surface area contributed by atoms with Crippen molar-refractivity contribution >= 4 is 0 Å². The fourth-order valence-corrected chi connectivity index (χ4v) is 4.55. The largest absolute Gasteiger partial charge is 0.497 e. The molecular formula is C29H35NO6. The second-order valence-corrected chi connectivity index (χ2v) is 9.00. The fourth-order valence-electron chi connectivity index (χ4n) is 4.55. The number of nitrogens with zero attached hydrogens (tertiary/aromatic N) is 1. The minimum atomic E-state index is -0.945. The number of methoxy groups -OCH3 is 2. The molecule has 36 heavy (non-hydrogen) atoms. The highest BCUT2D eigenvalue weighted by Gasteiger charge is 2.47. The Hall–Kier alpha value is -2.94. The lowest BCUT2D eigenvalue weighted by Crippen LogP contribution is -2.43. The van der Waals surface area contributed by atoms with Crippen LogP contribution in [0.5, 0.6) is 11.5 Å². The highest BCUT2D eigenvalue weighted by Crippen LogP contribution is 2.29. The average Bonchev–Trinajstić information content (AvgIpc) is 3.14. The van der Waals surface area contributed by atoms with E-state index >= 15 is 0 Å². The van der Waals surface area contributed by atoms with Gasteiger partial charge in [-0.05, 0) is 41.0 Å². The topological polar surface area (TPSA) is 80.6 Å². The Labute approximate surface area is 212 Å². The van der Waals surface area contributed by atoms with E-state index in [-0.39, 0.29) is 25.3 Å². The van der Waals surface area contributed by atoms with Gasteiger partial charge in [-0.1, -0.05) is 54.6 Å². The van der Waals surface area contributed by atoms with E-state index in [1.165, 1.54) is 0 Å². The highest BCUT2D eigenvalue weighted by molar-refractivity contribution is 5.27. The molecule has 7 nitrogen and oxygen atoms in total. The minimum absolute atomic E-state index is 0.284. The number of benzene rings is 3. The summed E-state index contributed by atoms with van der Waals surface area (Å²) in [4.78, 5) is 2.10. The van der Waals surface area contributed by atoms with E-state index in [4.69, 9.17) is 18.9 Å². The van der Waals surface area contributed by atoms with Crippen LogP contribution < -0.4 is 9.47 Å². The Morgan fingerprint density at radius 1 is 0.611 bits per heavy atom. The maximum Gasteiger partial charge on any atom is 0.118 e. The predicted octanol–water partition coefficient (Wildman–Crippen LogP) is 3.41. The van der Waals surface area contributed by atoms with Gasteiger partial charge in [-0.15, -0.1) is 0 Å². The zero-order chi connectivity index (χ0) is 25.3. The molecule has 0 unspecified atom stereocenters. The van der Waals surface area contributed by atoms with Crippen LogP contribution in [0.4, 0.5) is 0 Å². The first-order valence-electron chi connectivity index (χ1n) is 12.2. The van der Waals surface area contributed by atoms with Gasteiger partial charge in [0.2, 0.25) is 0 Å². The molecule has 4 rings (SSSR count). The molecular weight excluding hydrogens is 458 g/mol. The van der Waals surface area contributed by atoms with Crippen LogP contribution in [-0.2, 0) is 29.2 Å². The second kappa shape index (κ2) is 12.9. The quantitative estimate of drug-likeness (QED) is 0.400. The van der Waals surface area contributed by atoms with Crippen molar-refractivity contribution in [2.75, 3.05) is 27.4 Å². The molecule has 0 spiro atoms. The average molecular weight is 494 g/mol. The Morgan fingerprint density at radius 3 is 1.47 bits per heavy atom. The van der Waals surface area contributed by atoms with Crippen molar-refractivity contribution in [3.05, 3.63) is 95.6 Å². The zero-order valence-electron chi connectivity index (χ0n) is 20.8. The summed E-state index contributed by atoms with van der Waals surface area (Å²) in [5.41, 5.74) is 3.12. The molecule has 3 aromatic carbocycles. The van der Waals surface area contributed by atoms with Crippen molar-refractivity contribution < 1.29 is 29.2 Å². The summed E-state index contributed by atoms with van der Waals surface area (Å²) in [7, 11) is 3.27. The smallest absolute Gasteiger partial charge is 0.118 e. The van der Waals surface area contributed by atoms with E-state index in [2.05, 4.69) is 4.90 Å². The molecule has 0 radical (unpaired) electrons. The molecule has 0 saturated carbocycles. The maximum atomic E-state index is 11.0. The predicted molar refractivity (Wildman–Crippen MR) is 137 cm³/mol. The molecule has 0 aliphatic carbocycles. The number of rotatable bonds is 12. The molecule has 0 amide bonds. The van der Waals surface area contributed by atoms with Crippen molar-refractivity contribution in [3.63, 3.8) is 0 Å². The third kappa shape index (κ3) is 6.63. The summed E-state index contributed by atoms with van der Waals surface area (Å²) < 4.78 is 22.4. The van der Waals surface area contributed by atoms with E-state index in [0.717, 1.165) is 28.2 Å². The Balaban J connectivity index is 1.40. The second-order valence-electron chi connectivity index (χ2n) is 9.00. The molecule has 2 N–H and O–H groups in total. The lowest BCUT2D eigenvalue weighted by molar-refractivity contribution is -0.00498. The molecule has 0 bridgehead atoms. The van der Waals surface area contributed by atoms with Gasteiger partial charge in [0.15, 0.2) is 0 Å². The zero-order valence-corrected chi connectivity index (χ0v) is 20.8. The van der Waals surface area contributed by atoms with Gasteiger partial charge in [0.25, 0.3) is 0 Å². The number of hydrogen-bond donors (Lipinski definition) is 2. The maximum absolute atomic E-state index is 11.0. The number of ether oxygens (including phenoxy) is 4. The van der Waals surface area contributed by atoms with Gasteiger partial charge < -0.3 is 29.2 Å². The van der Waals surface area contributed by atoms with E-state index in [0.29, 0.717) is 19.8 Å². The van der Waals surface area contributed by atoms with Gasteiger partial charge >= 0.3 is 0 Å². The highest BCUT2D eigenvalue weighted by atomic mass is 16.5. The first-order valence-corrected chi connectivity index (χ1v) is 12.2. The van der Waals surface area contributed by atoms with E-state index in [1.807, 2.05) is 78.9 Å². The Bertz CT molecular complexity index is 978. The summed E-state index contributed by atoms with van der Waals surface area (Å²) in [5.74, 6) is 1.58. The summed E-state index contributed by atoms with van der Waals surface area (Å²) in [6.07, 6.45) is -1.89. The first-order chi connectivity index (χ1) is 17.6. The lowest BCUT2D eigenvalue weighted by atomic mass is 10.1. The molecule has 4 atom stereocenters. The Morgan fingerprint density at radius 2 is 1.06 bits per heavy atom. The van der Waals surface area contributed by atoms with Gasteiger partial charge in [-0.3, -0.25) is 4.90 Å². The van der Waals surface area contributed by atoms with Crippen LogP contribution in [0.1, 0.15) is 16.7 Å². The number of aliphatic hydroxyl groups excluding tert-OH is 2. The normalized spacial score (nSPS) is 22.0. The number of hydrogen-bond acceptors (Lipinski definition) is 7. The summed E-state index contributed by atoms with van der Waals surface area (Å²) in [6, 6.07) is 24.7. The van der Waals surface area contributed by atoms with Crippen molar-refractivity contribution in [3.8, 4) is 11.5 Å². The molecule has 0 aromatic heterocycles. The lowest BCUT2D eigenvalue weighted by Gasteiger charge is -2.30. The molecule has 1 saturated heterocycles. The SMILES string of the molecule is COc1ccc(COC[C@H]2[C@@H](O)[C@H](O)[C@H](COCc3ccc(OC)cc3)N2Cc2ccccc2)cc1. The summed E-state index contributed by atoms with van der Waals surface area (Å²) >= 11 is 0. The van der Waals surface area contributed by atoms with Crippen LogP contribution in [0, 0.1) is 0 Å². The molecule has 1 aliphatic heterocycles. The van der Waals surface area contributed by atoms with Crippen LogP contribution in [0.2, 0.25) is 0 Å². The van der Waals surface area contributed by atoms with Crippen molar-refractivity contribution in [1.82, 2.24) is 4.90 Å². The molecule has 192 valence electrons. The van der Waals surface area contributed by atoms with Gasteiger partial charge in [-0.2, -0.15) is 0 Å². The van der Waals surface area contributed by atoms with Crippen molar-refractivity contribution in [2.24, 2.45) is 0 Å². The molecule has 1 fully saturated rings. The minimum Gasteiger partial charge on any atom is -0.497 e. The third-order valence-electron chi connectivity index (χ3n) is 6.63. The molecule has 1 heterocycles. The van der Waals surface area contributed by atoms with Crippen molar-refractivity contribution in [1.29, 1.82) is 0 Å². The van der Waals surface area contributed by atoms with Gasteiger partial charge in [0.05, 0.1) is 64.9 Å². The summed E-state index contributed by atoms with van der Waals surface area (Å²) in [5, 5.41) is 21.9. The van der Waals surface area contributed by atoms with Gasteiger partial charge in [0, 0.05) is 6.54 Å². The van der Waals surface area contributed by atoms with Crippen LogP contribution in [0.15, 0.2) is 78.9 Å². The monoisotopic (exact) mass is 493 g/mol. The molecule has 7 heteroatoms. The first kappa shape index (κ1) is 26.1. The summed E-state index contributed by atoms with van der Waals surface area (Å²) in [6.45, 7) is 1.95. The van der Waals surface area contributed by atoms with E-state index in [9.17, 15) is 10.2 Å². The van der Waals surface area contributed by atoms with Crippen LogP contribution in [0.25, 0.3) is 0 Å². The van der Waals surface area contributed by atoms with Crippen molar-refractivity contribution in [2.45, 2.75) is 44.1 Å². The van der Waals surface area contributed by atoms with Crippen LogP contribution in [0.3, 0.4) is 0 Å². The van der Waals surface area contributed by atoms with Gasteiger partial charge in [-0.25, -0.2) is 0 Å². The fraction of sp³-hybridized carbons (Fsp3) is 0.379. The molecule has 1 aliphatic rings. The molecule has 3 aromatic rings. The third-order valence-corrected chi connectivity index (χ3v) is 6.63. The van der Waals surface area contributed by atoms with Crippen LogP contribution in [-0.4, -0.2) is 66.8 Å².